The van der Waals surface area contributed by atoms with Crippen LogP contribution in [0.2, 0.25) is 0 Å². The van der Waals surface area contributed by atoms with Gasteiger partial charge in [0, 0.05) is 51.0 Å². The predicted octanol–water partition coefficient (Wildman–Crippen LogP) is 3.88. The molecular formula is C25H38N6. The van der Waals surface area contributed by atoms with Gasteiger partial charge in [-0.25, -0.2) is 4.98 Å². The number of nitrogens with zero attached hydrogens (tertiary/aromatic N) is 3. The zero-order valence-corrected chi connectivity index (χ0v) is 19.1. The smallest absolute Gasteiger partial charge is 0.191 e. The quantitative estimate of drug-likeness (QED) is 0.308. The van der Waals surface area contributed by atoms with Gasteiger partial charge in [0.25, 0.3) is 0 Å². The van der Waals surface area contributed by atoms with Crippen molar-refractivity contribution in [1.29, 1.82) is 0 Å². The van der Waals surface area contributed by atoms with Crippen LogP contribution in [0.1, 0.15) is 45.1 Å². The summed E-state index contributed by atoms with van der Waals surface area (Å²) in [7, 11) is 0. The maximum atomic E-state index is 4.80. The van der Waals surface area contributed by atoms with Crippen LogP contribution in [0.25, 0.3) is 0 Å². The summed E-state index contributed by atoms with van der Waals surface area (Å²) in [6.07, 6.45) is 6.24. The van der Waals surface area contributed by atoms with Crippen molar-refractivity contribution in [1.82, 2.24) is 20.5 Å². The van der Waals surface area contributed by atoms with E-state index in [4.69, 9.17) is 4.99 Å². The molecule has 2 heterocycles. The summed E-state index contributed by atoms with van der Waals surface area (Å²) in [5, 5.41) is 10.4. The number of hydrogen-bond donors (Lipinski definition) is 3. The van der Waals surface area contributed by atoms with Crippen LogP contribution in [0, 0.1) is 0 Å². The van der Waals surface area contributed by atoms with Crippen molar-refractivity contribution in [3.63, 3.8) is 0 Å². The number of piperidine rings is 1. The van der Waals surface area contributed by atoms with E-state index in [9.17, 15) is 0 Å². The molecule has 2 unspecified atom stereocenters. The van der Waals surface area contributed by atoms with E-state index in [-0.39, 0.29) is 0 Å². The van der Waals surface area contributed by atoms with Crippen LogP contribution >= 0.6 is 0 Å². The number of hydrogen-bond acceptors (Lipinski definition) is 4. The number of anilines is 1. The van der Waals surface area contributed by atoms with E-state index in [0.29, 0.717) is 12.1 Å². The second-order valence-corrected chi connectivity index (χ2v) is 8.28. The topological polar surface area (TPSA) is 64.6 Å². The minimum Gasteiger partial charge on any atom is -0.370 e. The molecule has 6 nitrogen and oxygen atoms in total. The molecule has 2 atom stereocenters. The molecule has 0 amide bonds. The van der Waals surface area contributed by atoms with Crippen molar-refractivity contribution in [3.05, 3.63) is 60.3 Å². The average Bonchev–Trinajstić information content (AvgIpc) is 2.79. The molecule has 1 saturated heterocycles. The van der Waals surface area contributed by atoms with Crippen molar-refractivity contribution in [2.45, 2.75) is 58.2 Å². The molecule has 0 spiro atoms. The third kappa shape index (κ3) is 8.21. The Bertz CT molecular complexity index is 764. The van der Waals surface area contributed by atoms with Gasteiger partial charge >= 0.3 is 0 Å². The fourth-order valence-electron chi connectivity index (χ4n) is 4.03. The summed E-state index contributed by atoms with van der Waals surface area (Å²) >= 11 is 0. The minimum absolute atomic E-state index is 0.477. The van der Waals surface area contributed by atoms with E-state index in [1.165, 1.54) is 5.56 Å². The maximum Gasteiger partial charge on any atom is 0.191 e. The first-order chi connectivity index (χ1) is 15.2. The van der Waals surface area contributed by atoms with Gasteiger partial charge in [0.15, 0.2) is 5.96 Å². The van der Waals surface area contributed by atoms with Gasteiger partial charge < -0.3 is 16.0 Å². The summed E-state index contributed by atoms with van der Waals surface area (Å²) in [5.41, 5.74) is 1.40. The normalized spacial score (nSPS) is 19.7. The molecule has 1 aromatic carbocycles. The Morgan fingerprint density at radius 3 is 2.71 bits per heavy atom. The van der Waals surface area contributed by atoms with Gasteiger partial charge in [-0.15, -0.1) is 0 Å². The molecule has 31 heavy (non-hydrogen) atoms. The number of guanidine groups is 1. The average molecular weight is 423 g/mol. The molecule has 1 aliphatic rings. The fourth-order valence-corrected chi connectivity index (χ4v) is 4.03. The van der Waals surface area contributed by atoms with E-state index < -0.39 is 0 Å². The predicted molar refractivity (Wildman–Crippen MR) is 130 cm³/mol. The third-order valence-electron chi connectivity index (χ3n) is 5.75. The number of aromatic nitrogens is 1. The highest BCUT2D eigenvalue weighted by atomic mass is 15.2. The van der Waals surface area contributed by atoms with Crippen molar-refractivity contribution < 1.29 is 0 Å². The summed E-state index contributed by atoms with van der Waals surface area (Å²) in [6, 6.07) is 17.8. The van der Waals surface area contributed by atoms with Crippen molar-refractivity contribution in [3.8, 4) is 0 Å². The van der Waals surface area contributed by atoms with E-state index in [2.05, 4.69) is 70.0 Å². The maximum absolute atomic E-state index is 4.80. The van der Waals surface area contributed by atoms with Crippen LogP contribution in [0.3, 0.4) is 0 Å². The largest absolute Gasteiger partial charge is 0.370 e. The molecule has 0 radical (unpaired) electrons. The summed E-state index contributed by atoms with van der Waals surface area (Å²) < 4.78 is 0. The lowest BCUT2D eigenvalue weighted by Gasteiger charge is -2.38. The van der Waals surface area contributed by atoms with Gasteiger partial charge in [-0.1, -0.05) is 36.4 Å². The van der Waals surface area contributed by atoms with Crippen molar-refractivity contribution in [2.75, 3.05) is 31.5 Å². The number of benzene rings is 1. The number of rotatable bonds is 10. The van der Waals surface area contributed by atoms with Crippen LogP contribution in [-0.4, -0.2) is 54.1 Å². The zero-order chi connectivity index (χ0) is 21.7. The van der Waals surface area contributed by atoms with Crippen molar-refractivity contribution in [2.24, 2.45) is 4.99 Å². The Balaban J connectivity index is 1.38. The molecule has 0 saturated carbocycles. The van der Waals surface area contributed by atoms with Gasteiger partial charge in [0.1, 0.15) is 5.82 Å². The van der Waals surface area contributed by atoms with Gasteiger partial charge in [-0.2, -0.15) is 0 Å². The zero-order valence-electron chi connectivity index (χ0n) is 19.1. The van der Waals surface area contributed by atoms with Crippen LogP contribution in [0.4, 0.5) is 5.82 Å². The number of unbranched alkanes of at least 4 members (excludes halogenated alkanes) is 1. The lowest BCUT2D eigenvalue weighted by Crippen LogP contribution is -2.51. The fraction of sp³-hybridized carbons (Fsp3) is 0.520. The Kier molecular flexibility index (Phi) is 9.64. The number of likely N-dealkylation sites (tertiary alicyclic amines) is 1. The third-order valence-corrected chi connectivity index (χ3v) is 5.75. The Labute approximate surface area is 187 Å². The number of pyridine rings is 1. The molecule has 3 rings (SSSR count). The Morgan fingerprint density at radius 2 is 1.97 bits per heavy atom. The number of aliphatic imine (C=N–C) groups is 1. The van der Waals surface area contributed by atoms with Crippen LogP contribution in [0.15, 0.2) is 59.7 Å². The number of nitrogens with one attached hydrogen (secondary N) is 3. The van der Waals surface area contributed by atoms with Crippen molar-refractivity contribution >= 4 is 11.8 Å². The second-order valence-electron chi connectivity index (χ2n) is 8.28. The van der Waals surface area contributed by atoms with E-state index >= 15 is 0 Å². The molecule has 1 aromatic heterocycles. The van der Waals surface area contributed by atoms with Crippen LogP contribution in [0.5, 0.6) is 0 Å². The first-order valence-corrected chi connectivity index (χ1v) is 11.7. The molecule has 6 heteroatoms. The molecule has 0 aliphatic carbocycles. The molecule has 1 aliphatic heterocycles. The van der Waals surface area contributed by atoms with E-state index in [1.54, 1.807) is 0 Å². The highest BCUT2D eigenvalue weighted by Crippen LogP contribution is 2.20. The summed E-state index contributed by atoms with van der Waals surface area (Å²) in [4.78, 5) is 11.7. The first kappa shape index (κ1) is 23.1. The van der Waals surface area contributed by atoms with Crippen LogP contribution in [-0.2, 0) is 6.54 Å². The summed E-state index contributed by atoms with van der Waals surface area (Å²) in [6.45, 7) is 9.27. The van der Waals surface area contributed by atoms with Gasteiger partial charge in [0.05, 0.1) is 0 Å². The highest BCUT2D eigenvalue weighted by Gasteiger charge is 2.25. The van der Waals surface area contributed by atoms with Crippen LogP contribution < -0.4 is 16.0 Å². The molecular weight excluding hydrogens is 384 g/mol. The van der Waals surface area contributed by atoms with Gasteiger partial charge in [-0.05, 0) is 57.2 Å². The Hall–Kier alpha value is -2.60. The first-order valence-electron chi connectivity index (χ1n) is 11.7. The standard InChI is InChI=1S/C25H38N6/c1-3-26-25(29-17-10-9-16-28-24-13-7-8-15-27-24)30-23-14-18-31(21(2)19-23)20-22-11-5-4-6-12-22/h4-8,11-13,15,21,23H,3,9-10,14,16-20H2,1-2H3,(H,27,28)(H2,26,29,30). The lowest BCUT2D eigenvalue weighted by molar-refractivity contribution is 0.134. The second kappa shape index (κ2) is 13.0. The SMILES string of the molecule is CCNC(=NCCCCNc1ccccn1)NC1CCN(Cc2ccccc2)C(C)C1. The highest BCUT2D eigenvalue weighted by molar-refractivity contribution is 5.80. The minimum atomic E-state index is 0.477. The van der Waals surface area contributed by atoms with Gasteiger partial charge in [-0.3, -0.25) is 9.89 Å². The molecule has 1 fully saturated rings. The lowest BCUT2D eigenvalue weighted by atomic mass is 9.97. The van der Waals surface area contributed by atoms with Gasteiger partial charge in [0.2, 0.25) is 0 Å². The molecule has 3 N–H and O–H groups in total. The summed E-state index contributed by atoms with van der Waals surface area (Å²) in [5.74, 6) is 1.89. The monoisotopic (exact) mass is 422 g/mol. The molecule has 2 aromatic rings. The Morgan fingerprint density at radius 1 is 1.13 bits per heavy atom. The van der Waals surface area contributed by atoms with E-state index in [0.717, 1.165) is 70.2 Å². The van der Waals surface area contributed by atoms with E-state index in [1.807, 2.05) is 24.4 Å². The molecule has 0 bridgehead atoms. The molecule has 168 valence electrons.